The highest BCUT2D eigenvalue weighted by Crippen LogP contribution is 2.36. The number of rotatable bonds is 9. The number of nitro groups is 1. The van der Waals surface area contributed by atoms with Crippen molar-refractivity contribution in [2.75, 3.05) is 19.0 Å². The van der Waals surface area contributed by atoms with Gasteiger partial charge in [0.05, 0.1) is 32.8 Å². The predicted octanol–water partition coefficient (Wildman–Crippen LogP) is 5.45. The van der Waals surface area contributed by atoms with Crippen LogP contribution in [0.5, 0.6) is 11.5 Å². The summed E-state index contributed by atoms with van der Waals surface area (Å²) in [7, 11) is 1.43. The molecule has 0 radical (unpaired) electrons. The second-order valence-corrected chi connectivity index (χ2v) is 8.68. The van der Waals surface area contributed by atoms with E-state index in [1.54, 1.807) is 24.3 Å². The van der Waals surface area contributed by atoms with Gasteiger partial charge in [-0.3, -0.25) is 19.7 Å². The minimum Gasteiger partial charge on any atom is -0.493 e. The maximum absolute atomic E-state index is 12.3. The Bertz CT molecular complexity index is 1350. The third kappa shape index (κ3) is 7.17. The molecule has 0 aliphatic heterocycles. The summed E-state index contributed by atoms with van der Waals surface area (Å²) >= 11 is 15.2. The number of halogens is 3. The Morgan fingerprint density at radius 3 is 2.61 bits per heavy atom. The van der Waals surface area contributed by atoms with Crippen LogP contribution in [0.15, 0.2) is 64.2 Å². The molecule has 0 heterocycles. The molecule has 0 saturated carbocycles. The second-order valence-electron chi connectivity index (χ2n) is 7.01. The lowest BCUT2D eigenvalue weighted by atomic mass is 10.2. The van der Waals surface area contributed by atoms with E-state index >= 15 is 0 Å². The Balaban J connectivity index is 1.64. The third-order valence-corrected chi connectivity index (χ3v) is 5.83. The van der Waals surface area contributed by atoms with Gasteiger partial charge in [0.25, 0.3) is 17.5 Å². The molecular formula is C23H17BrCl2N4O6. The second kappa shape index (κ2) is 12.3. The van der Waals surface area contributed by atoms with Gasteiger partial charge in [-0.1, -0.05) is 29.3 Å². The van der Waals surface area contributed by atoms with Crippen molar-refractivity contribution in [2.24, 2.45) is 5.10 Å². The molecule has 186 valence electrons. The smallest absolute Gasteiger partial charge is 0.271 e. The molecule has 10 nitrogen and oxygen atoms in total. The van der Waals surface area contributed by atoms with Crippen molar-refractivity contribution >= 4 is 68.5 Å². The summed E-state index contributed by atoms with van der Waals surface area (Å²) in [5.41, 5.74) is 3.18. The molecule has 13 heteroatoms. The Hall–Kier alpha value is -3.67. The number of anilines is 1. The van der Waals surface area contributed by atoms with Crippen molar-refractivity contribution in [3.05, 3.63) is 90.4 Å². The van der Waals surface area contributed by atoms with Gasteiger partial charge >= 0.3 is 0 Å². The van der Waals surface area contributed by atoms with E-state index in [1.807, 2.05) is 0 Å². The van der Waals surface area contributed by atoms with Crippen LogP contribution in [0.25, 0.3) is 0 Å². The Morgan fingerprint density at radius 1 is 1.14 bits per heavy atom. The van der Waals surface area contributed by atoms with Crippen LogP contribution in [0, 0.1) is 10.1 Å². The van der Waals surface area contributed by atoms with Crippen LogP contribution in [0.3, 0.4) is 0 Å². The molecule has 0 fully saturated rings. The van der Waals surface area contributed by atoms with Crippen LogP contribution in [-0.2, 0) is 4.79 Å². The van der Waals surface area contributed by atoms with Crippen molar-refractivity contribution < 1.29 is 24.0 Å². The molecule has 36 heavy (non-hydrogen) atoms. The van der Waals surface area contributed by atoms with Crippen LogP contribution in [0.4, 0.5) is 11.4 Å². The molecule has 3 aromatic rings. The van der Waals surface area contributed by atoms with E-state index in [2.05, 4.69) is 31.8 Å². The normalized spacial score (nSPS) is 10.7. The fraction of sp³-hybridized carbons (Fsp3) is 0.0870. The van der Waals surface area contributed by atoms with Gasteiger partial charge in [0.1, 0.15) is 0 Å². The number of nitro benzene ring substituents is 1. The Morgan fingerprint density at radius 2 is 1.92 bits per heavy atom. The van der Waals surface area contributed by atoms with E-state index in [-0.39, 0.29) is 23.6 Å². The first-order valence-electron chi connectivity index (χ1n) is 10.0. The number of nitrogens with zero attached hydrogens (tertiary/aromatic N) is 2. The number of hydrazone groups is 1. The fourth-order valence-electron chi connectivity index (χ4n) is 2.85. The average Bonchev–Trinajstić information content (AvgIpc) is 2.85. The van der Waals surface area contributed by atoms with Crippen LogP contribution >= 0.6 is 39.1 Å². The largest absolute Gasteiger partial charge is 0.493 e. The molecule has 0 unspecified atom stereocenters. The van der Waals surface area contributed by atoms with Gasteiger partial charge < -0.3 is 14.8 Å². The van der Waals surface area contributed by atoms with Crippen molar-refractivity contribution in [3.8, 4) is 11.5 Å². The van der Waals surface area contributed by atoms with Gasteiger partial charge in [0, 0.05) is 23.4 Å². The summed E-state index contributed by atoms with van der Waals surface area (Å²) in [6.45, 7) is -0.318. The van der Waals surface area contributed by atoms with E-state index in [4.69, 9.17) is 32.7 Å². The number of benzene rings is 3. The number of hydrogen-bond acceptors (Lipinski definition) is 7. The summed E-state index contributed by atoms with van der Waals surface area (Å²) in [6.07, 6.45) is 1.35. The van der Waals surface area contributed by atoms with Gasteiger partial charge in [-0.15, -0.1) is 0 Å². The minimum atomic E-state index is -0.617. The van der Waals surface area contributed by atoms with E-state index in [0.717, 1.165) is 6.07 Å². The Labute approximate surface area is 223 Å². The maximum atomic E-state index is 12.3. The zero-order valence-corrected chi connectivity index (χ0v) is 21.6. The molecule has 0 saturated heterocycles. The van der Waals surface area contributed by atoms with Gasteiger partial charge in [0.2, 0.25) is 0 Å². The zero-order valence-electron chi connectivity index (χ0n) is 18.5. The van der Waals surface area contributed by atoms with Crippen molar-refractivity contribution in [1.29, 1.82) is 0 Å². The monoisotopic (exact) mass is 594 g/mol. The van der Waals surface area contributed by atoms with Crippen LogP contribution < -0.4 is 20.2 Å². The van der Waals surface area contributed by atoms with Crippen molar-refractivity contribution in [1.82, 2.24) is 5.43 Å². The van der Waals surface area contributed by atoms with Gasteiger partial charge in [-0.05, 0) is 57.9 Å². The van der Waals surface area contributed by atoms with Crippen LogP contribution in [-0.4, -0.2) is 36.7 Å². The predicted molar refractivity (Wildman–Crippen MR) is 139 cm³/mol. The number of carbonyl (C=O) groups is 2. The summed E-state index contributed by atoms with van der Waals surface area (Å²) in [5.74, 6) is -0.469. The number of carbonyl (C=O) groups excluding carboxylic acids is 2. The summed E-state index contributed by atoms with van der Waals surface area (Å²) in [5, 5.41) is 18.1. The van der Waals surface area contributed by atoms with Gasteiger partial charge in [-0.25, -0.2) is 5.43 Å². The molecule has 2 amide bonds. The SMILES string of the molecule is COc1cc(/C=N/NC(=O)c2cccc([N+](=O)[O-])c2)cc(Br)c1OCC(=O)Nc1ccc(Cl)c(Cl)c1. The molecule has 2 N–H and O–H groups in total. The zero-order chi connectivity index (χ0) is 26.2. The van der Waals surface area contributed by atoms with Crippen LogP contribution in [0.1, 0.15) is 15.9 Å². The third-order valence-electron chi connectivity index (χ3n) is 4.50. The van der Waals surface area contributed by atoms with Gasteiger partial charge in [0.15, 0.2) is 18.1 Å². The van der Waals surface area contributed by atoms with Crippen LogP contribution in [0.2, 0.25) is 10.0 Å². The number of nitrogens with one attached hydrogen (secondary N) is 2. The van der Waals surface area contributed by atoms with E-state index < -0.39 is 16.7 Å². The van der Waals surface area contributed by atoms with Crippen molar-refractivity contribution in [2.45, 2.75) is 0 Å². The quantitative estimate of drug-likeness (QED) is 0.192. The first-order valence-corrected chi connectivity index (χ1v) is 11.6. The highest BCUT2D eigenvalue weighted by Gasteiger charge is 2.14. The van der Waals surface area contributed by atoms with E-state index in [0.29, 0.717) is 31.5 Å². The molecule has 3 aromatic carbocycles. The van der Waals surface area contributed by atoms with E-state index in [1.165, 1.54) is 37.6 Å². The summed E-state index contributed by atoms with van der Waals surface area (Å²) in [6, 6.07) is 13.2. The summed E-state index contributed by atoms with van der Waals surface area (Å²) < 4.78 is 11.4. The molecule has 0 atom stereocenters. The molecule has 0 spiro atoms. The molecule has 0 aromatic heterocycles. The number of non-ortho nitro benzene ring substituents is 1. The highest BCUT2D eigenvalue weighted by molar-refractivity contribution is 9.10. The lowest BCUT2D eigenvalue weighted by Crippen LogP contribution is -2.20. The lowest BCUT2D eigenvalue weighted by molar-refractivity contribution is -0.384. The summed E-state index contributed by atoms with van der Waals surface area (Å²) in [4.78, 5) is 34.8. The van der Waals surface area contributed by atoms with Crippen molar-refractivity contribution in [3.63, 3.8) is 0 Å². The van der Waals surface area contributed by atoms with E-state index in [9.17, 15) is 19.7 Å². The van der Waals surface area contributed by atoms with Gasteiger partial charge in [-0.2, -0.15) is 5.10 Å². The number of ether oxygens (including phenoxy) is 2. The standard InChI is InChI=1S/C23H17BrCl2N4O6/c1-35-20-8-13(11-27-29-23(32)14-3-2-4-16(9-14)30(33)34)7-17(24)22(20)36-12-21(31)28-15-5-6-18(25)19(26)10-15/h2-11H,12H2,1H3,(H,28,31)(H,29,32)/b27-11+. The number of methoxy groups -OCH3 is 1. The molecular weight excluding hydrogens is 579 g/mol. The fourth-order valence-corrected chi connectivity index (χ4v) is 3.73. The maximum Gasteiger partial charge on any atom is 0.271 e. The number of amides is 2. The highest BCUT2D eigenvalue weighted by atomic mass is 79.9. The molecule has 0 aliphatic carbocycles. The first-order chi connectivity index (χ1) is 17.2. The Kier molecular flexibility index (Phi) is 9.23. The molecule has 0 aliphatic rings. The number of hydrogen-bond donors (Lipinski definition) is 2. The molecule has 0 bridgehead atoms. The lowest BCUT2D eigenvalue weighted by Gasteiger charge is -2.13. The topological polar surface area (TPSA) is 132 Å². The average molecular weight is 596 g/mol. The minimum absolute atomic E-state index is 0.0861. The first kappa shape index (κ1) is 26.9. The molecule has 3 rings (SSSR count).